The third-order valence-electron chi connectivity index (χ3n) is 4.39. The van der Waals surface area contributed by atoms with Crippen LogP contribution in [0.1, 0.15) is 51.1 Å². The summed E-state index contributed by atoms with van der Waals surface area (Å²) in [4.78, 5) is 2.09. The number of benzene rings is 1. The Kier molecular flexibility index (Phi) is 6.00. The molecule has 0 radical (unpaired) electrons. The highest BCUT2D eigenvalue weighted by Gasteiger charge is 2.27. The van der Waals surface area contributed by atoms with Crippen molar-refractivity contribution in [3.05, 3.63) is 29.6 Å². The summed E-state index contributed by atoms with van der Waals surface area (Å²) in [6.45, 7) is 5.52. The molecule has 1 aliphatic rings. The summed E-state index contributed by atoms with van der Waals surface area (Å²) < 4.78 is 14.5. The van der Waals surface area contributed by atoms with Crippen molar-refractivity contribution in [2.75, 3.05) is 24.6 Å². The lowest BCUT2D eigenvalue weighted by atomic mass is 10.0. The molecule has 1 atom stereocenters. The Morgan fingerprint density at radius 3 is 2.71 bits per heavy atom. The van der Waals surface area contributed by atoms with Crippen LogP contribution in [0.4, 0.5) is 10.1 Å². The van der Waals surface area contributed by atoms with E-state index in [0.29, 0.717) is 18.3 Å². The molecule has 0 aliphatic heterocycles. The Hall–Kier alpha value is -1.13. The quantitative estimate of drug-likeness (QED) is 0.810. The van der Waals surface area contributed by atoms with Crippen molar-refractivity contribution in [1.82, 2.24) is 5.32 Å². The van der Waals surface area contributed by atoms with Crippen LogP contribution < -0.4 is 10.2 Å². The zero-order valence-electron chi connectivity index (χ0n) is 13.1. The van der Waals surface area contributed by atoms with E-state index < -0.39 is 0 Å². The number of nitrogens with zero attached hydrogens (tertiary/aromatic N) is 1. The molecule has 0 aromatic heterocycles. The highest BCUT2D eigenvalue weighted by Crippen LogP contribution is 2.34. The molecule has 0 spiro atoms. The number of anilines is 1. The van der Waals surface area contributed by atoms with Crippen molar-refractivity contribution < 1.29 is 9.50 Å². The van der Waals surface area contributed by atoms with Gasteiger partial charge in [0.1, 0.15) is 5.82 Å². The zero-order chi connectivity index (χ0) is 15.2. The van der Waals surface area contributed by atoms with Gasteiger partial charge >= 0.3 is 0 Å². The van der Waals surface area contributed by atoms with Crippen LogP contribution in [0.3, 0.4) is 0 Å². The van der Waals surface area contributed by atoms with Crippen molar-refractivity contribution in [3.8, 4) is 0 Å². The molecule has 1 aliphatic carbocycles. The first-order valence-corrected chi connectivity index (χ1v) is 8.08. The molecule has 2 rings (SSSR count). The minimum atomic E-state index is -0.183. The van der Waals surface area contributed by atoms with Crippen LogP contribution in [0.5, 0.6) is 0 Å². The van der Waals surface area contributed by atoms with Gasteiger partial charge in [0, 0.05) is 18.6 Å². The number of para-hydroxylation sites is 1. The Labute approximate surface area is 127 Å². The molecule has 0 bridgehead atoms. The molecule has 1 saturated carbocycles. The number of rotatable bonds is 7. The van der Waals surface area contributed by atoms with Crippen LogP contribution in [0, 0.1) is 5.82 Å². The highest BCUT2D eigenvalue weighted by atomic mass is 19.1. The first-order chi connectivity index (χ1) is 10.2. The molecule has 1 fully saturated rings. The van der Waals surface area contributed by atoms with Crippen LogP contribution in [0.25, 0.3) is 0 Å². The van der Waals surface area contributed by atoms with E-state index >= 15 is 0 Å². The summed E-state index contributed by atoms with van der Waals surface area (Å²) in [7, 11) is 0. The van der Waals surface area contributed by atoms with E-state index in [1.807, 2.05) is 6.07 Å². The van der Waals surface area contributed by atoms with Gasteiger partial charge in [-0.1, -0.05) is 31.9 Å². The van der Waals surface area contributed by atoms with Gasteiger partial charge in [-0.15, -0.1) is 0 Å². The van der Waals surface area contributed by atoms with Crippen molar-refractivity contribution in [1.29, 1.82) is 0 Å². The number of halogens is 1. The van der Waals surface area contributed by atoms with Gasteiger partial charge in [0.05, 0.1) is 12.3 Å². The standard InChI is InChI=1S/C17H27FN2O/c1-3-19-13(2)15-9-6-10-16(18)17(15)20(11-12-21)14-7-4-5-8-14/h6,9-10,13-14,19,21H,3-5,7-8,11-12H2,1-2H3. The van der Waals surface area contributed by atoms with Crippen LogP contribution in [0.15, 0.2) is 18.2 Å². The number of hydrogen-bond acceptors (Lipinski definition) is 3. The summed E-state index contributed by atoms with van der Waals surface area (Å²) >= 11 is 0. The fraction of sp³-hybridized carbons (Fsp3) is 0.647. The summed E-state index contributed by atoms with van der Waals surface area (Å²) in [5.41, 5.74) is 1.66. The molecule has 0 saturated heterocycles. The van der Waals surface area contributed by atoms with Gasteiger partial charge in [0.25, 0.3) is 0 Å². The van der Waals surface area contributed by atoms with Crippen LogP contribution >= 0.6 is 0 Å². The fourth-order valence-corrected chi connectivity index (χ4v) is 3.40. The monoisotopic (exact) mass is 294 g/mol. The number of aliphatic hydroxyl groups is 1. The van der Waals surface area contributed by atoms with E-state index in [0.717, 1.165) is 24.9 Å². The number of hydrogen-bond donors (Lipinski definition) is 2. The van der Waals surface area contributed by atoms with Crippen LogP contribution in [0.2, 0.25) is 0 Å². The lowest BCUT2D eigenvalue weighted by Crippen LogP contribution is -2.37. The Morgan fingerprint density at radius 1 is 1.38 bits per heavy atom. The number of nitrogens with one attached hydrogen (secondary N) is 1. The molecule has 2 N–H and O–H groups in total. The molecular weight excluding hydrogens is 267 g/mol. The topological polar surface area (TPSA) is 35.5 Å². The normalized spacial score (nSPS) is 17.1. The molecule has 1 aromatic rings. The second-order valence-corrected chi connectivity index (χ2v) is 5.81. The molecule has 1 unspecified atom stereocenters. The van der Waals surface area contributed by atoms with Crippen molar-refractivity contribution in [3.63, 3.8) is 0 Å². The number of aliphatic hydroxyl groups excluding tert-OH is 1. The van der Waals surface area contributed by atoms with Gasteiger partial charge in [-0.2, -0.15) is 0 Å². The average molecular weight is 294 g/mol. The third kappa shape index (κ3) is 3.74. The van der Waals surface area contributed by atoms with E-state index in [1.165, 1.54) is 18.9 Å². The van der Waals surface area contributed by atoms with E-state index in [-0.39, 0.29) is 18.5 Å². The highest BCUT2D eigenvalue weighted by molar-refractivity contribution is 5.57. The predicted molar refractivity (Wildman–Crippen MR) is 85.2 cm³/mol. The van der Waals surface area contributed by atoms with Gasteiger partial charge < -0.3 is 15.3 Å². The molecular formula is C17H27FN2O. The largest absolute Gasteiger partial charge is 0.395 e. The maximum atomic E-state index is 14.5. The van der Waals surface area contributed by atoms with E-state index in [9.17, 15) is 9.50 Å². The van der Waals surface area contributed by atoms with E-state index in [1.54, 1.807) is 6.07 Å². The van der Waals surface area contributed by atoms with Crippen LogP contribution in [-0.2, 0) is 0 Å². The summed E-state index contributed by atoms with van der Waals surface area (Å²) in [5, 5.41) is 12.8. The molecule has 0 amide bonds. The van der Waals surface area contributed by atoms with Crippen molar-refractivity contribution >= 4 is 5.69 Å². The second-order valence-electron chi connectivity index (χ2n) is 5.81. The van der Waals surface area contributed by atoms with Gasteiger partial charge in [0.15, 0.2) is 0 Å². The zero-order valence-corrected chi connectivity index (χ0v) is 13.1. The van der Waals surface area contributed by atoms with Gasteiger partial charge in [-0.25, -0.2) is 4.39 Å². The molecule has 1 aromatic carbocycles. The molecule has 0 heterocycles. The summed E-state index contributed by atoms with van der Waals surface area (Å²) in [6, 6.07) is 5.74. The van der Waals surface area contributed by atoms with Gasteiger partial charge in [-0.3, -0.25) is 0 Å². The maximum Gasteiger partial charge on any atom is 0.146 e. The minimum absolute atomic E-state index is 0.0554. The smallest absolute Gasteiger partial charge is 0.146 e. The first-order valence-electron chi connectivity index (χ1n) is 8.08. The fourth-order valence-electron chi connectivity index (χ4n) is 3.40. The Balaban J connectivity index is 2.37. The summed E-state index contributed by atoms with van der Waals surface area (Å²) in [6.07, 6.45) is 4.56. The third-order valence-corrected chi connectivity index (χ3v) is 4.39. The first kappa shape index (κ1) is 16.2. The van der Waals surface area contributed by atoms with E-state index in [4.69, 9.17) is 0 Å². The molecule has 3 nitrogen and oxygen atoms in total. The average Bonchev–Trinajstić information content (AvgIpc) is 2.99. The lowest BCUT2D eigenvalue weighted by molar-refractivity contribution is 0.296. The molecule has 118 valence electrons. The summed E-state index contributed by atoms with van der Waals surface area (Å²) in [5.74, 6) is -0.183. The minimum Gasteiger partial charge on any atom is -0.395 e. The SMILES string of the molecule is CCNC(C)c1cccc(F)c1N(CCO)C1CCCC1. The van der Waals surface area contributed by atoms with Gasteiger partial charge in [-0.05, 0) is 37.9 Å². The lowest BCUT2D eigenvalue weighted by Gasteiger charge is -2.34. The Bertz CT molecular complexity index is 446. The van der Waals surface area contributed by atoms with Crippen molar-refractivity contribution in [2.24, 2.45) is 0 Å². The van der Waals surface area contributed by atoms with E-state index in [2.05, 4.69) is 24.1 Å². The van der Waals surface area contributed by atoms with Crippen molar-refractivity contribution in [2.45, 2.75) is 51.6 Å². The maximum absolute atomic E-state index is 14.5. The molecule has 21 heavy (non-hydrogen) atoms. The van der Waals surface area contributed by atoms with Gasteiger partial charge in [0.2, 0.25) is 0 Å². The predicted octanol–water partition coefficient (Wildman–Crippen LogP) is 3.24. The van der Waals surface area contributed by atoms with Crippen LogP contribution in [-0.4, -0.2) is 30.8 Å². The Morgan fingerprint density at radius 2 is 2.10 bits per heavy atom. The second kappa shape index (κ2) is 7.76. The molecule has 4 heteroatoms.